The number of alkyl halides is 3. The number of nitrogens with one attached hydrogen (secondary N) is 1. The van der Waals surface area contributed by atoms with E-state index < -0.39 is 11.7 Å². The third-order valence-corrected chi connectivity index (χ3v) is 5.02. The van der Waals surface area contributed by atoms with Crippen molar-refractivity contribution < 1.29 is 13.2 Å². The molecule has 3 heterocycles. The highest BCUT2D eigenvalue weighted by molar-refractivity contribution is 5.57. The summed E-state index contributed by atoms with van der Waals surface area (Å²) in [6, 6.07) is 10.6. The first kappa shape index (κ1) is 21.6. The van der Waals surface area contributed by atoms with Crippen LogP contribution in [0.4, 0.5) is 42.5 Å². The topological polar surface area (TPSA) is 73.3 Å². The number of halogens is 3. The number of rotatable bonds is 5. The summed E-state index contributed by atoms with van der Waals surface area (Å²) < 4.78 is 38.4. The minimum atomic E-state index is -4.38. The molecule has 2 aromatic heterocycles. The molecule has 0 bridgehead atoms. The van der Waals surface area contributed by atoms with Crippen LogP contribution in [0.25, 0.3) is 0 Å². The van der Waals surface area contributed by atoms with E-state index in [4.69, 9.17) is 0 Å². The van der Waals surface area contributed by atoms with Crippen LogP contribution in [0, 0.1) is 0 Å². The van der Waals surface area contributed by atoms with Crippen LogP contribution in [-0.2, 0) is 6.18 Å². The van der Waals surface area contributed by atoms with E-state index in [0.717, 1.165) is 31.0 Å². The molecule has 0 spiro atoms. The quantitative estimate of drug-likeness (QED) is 0.642. The van der Waals surface area contributed by atoms with Crippen LogP contribution in [0.1, 0.15) is 5.56 Å². The molecule has 1 aromatic carbocycles. The van der Waals surface area contributed by atoms with Crippen molar-refractivity contribution in [2.75, 3.05) is 60.3 Å². The summed E-state index contributed by atoms with van der Waals surface area (Å²) in [6.07, 6.45) is -2.61. The first-order valence-corrected chi connectivity index (χ1v) is 10.1. The highest BCUT2D eigenvalue weighted by atomic mass is 19.4. The van der Waals surface area contributed by atoms with E-state index in [9.17, 15) is 13.2 Å². The largest absolute Gasteiger partial charge is 0.416 e. The van der Waals surface area contributed by atoms with E-state index in [0.29, 0.717) is 30.7 Å². The standard InChI is InChI=1S/C21H23F3N8/c1-30(2)19-27-18(26-16-8-6-15(7-9-16)21(22,23)24)28-20(29-19)32-13-11-31(12-14-32)17-5-3-4-10-25-17/h3-10H,11-14H2,1-2H3,(H,26,27,28,29). The average molecular weight is 444 g/mol. The molecular weight excluding hydrogens is 421 g/mol. The smallest absolute Gasteiger partial charge is 0.353 e. The molecule has 1 N–H and O–H groups in total. The van der Waals surface area contributed by atoms with E-state index in [1.807, 2.05) is 32.3 Å². The summed E-state index contributed by atoms with van der Waals surface area (Å²) in [5.74, 6) is 2.17. The Morgan fingerprint density at radius 3 is 2.16 bits per heavy atom. The van der Waals surface area contributed by atoms with Crippen LogP contribution in [-0.4, -0.2) is 60.2 Å². The zero-order valence-electron chi connectivity index (χ0n) is 17.7. The predicted molar refractivity (Wildman–Crippen MR) is 118 cm³/mol. The molecule has 0 unspecified atom stereocenters. The molecule has 0 radical (unpaired) electrons. The van der Waals surface area contributed by atoms with Gasteiger partial charge >= 0.3 is 6.18 Å². The molecule has 3 aromatic rings. The van der Waals surface area contributed by atoms with Crippen molar-refractivity contribution in [2.24, 2.45) is 0 Å². The number of benzene rings is 1. The van der Waals surface area contributed by atoms with Crippen molar-refractivity contribution in [3.63, 3.8) is 0 Å². The van der Waals surface area contributed by atoms with Gasteiger partial charge in [0.05, 0.1) is 5.56 Å². The summed E-state index contributed by atoms with van der Waals surface area (Å²) in [5, 5.41) is 2.99. The lowest BCUT2D eigenvalue weighted by molar-refractivity contribution is -0.137. The molecule has 4 rings (SSSR count). The van der Waals surface area contributed by atoms with Crippen LogP contribution in [0.3, 0.4) is 0 Å². The number of aromatic nitrogens is 4. The molecule has 1 fully saturated rings. The summed E-state index contributed by atoms with van der Waals surface area (Å²) >= 11 is 0. The van der Waals surface area contributed by atoms with Crippen molar-refractivity contribution in [2.45, 2.75) is 6.18 Å². The number of hydrogen-bond acceptors (Lipinski definition) is 8. The Kier molecular flexibility index (Phi) is 5.97. The summed E-state index contributed by atoms with van der Waals surface area (Å²) in [6.45, 7) is 2.93. The van der Waals surface area contributed by atoms with Crippen LogP contribution in [0.5, 0.6) is 0 Å². The van der Waals surface area contributed by atoms with Gasteiger partial charge in [-0.1, -0.05) is 6.07 Å². The molecule has 168 valence electrons. The predicted octanol–water partition coefficient (Wildman–Crippen LogP) is 3.42. The summed E-state index contributed by atoms with van der Waals surface area (Å²) in [7, 11) is 3.64. The maximum absolute atomic E-state index is 12.8. The number of piperazine rings is 1. The van der Waals surface area contributed by atoms with E-state index in [1.165, 1.54) is 12.1 Å². The molecule has 0 atom stereocenters. The molecule has 0 aliphatic carbocycles. The van der Waals surface area contributed by atoms with E-state index >= 15 is 0 Å². The Morgan fingerprint density at radius 2 is 1.56 bits per heavy atom. The first-order valence-electron chi connectivity index (χ1n) is 10.1. The lowest BCUT2D eigenvalue weighted by atomic mass is 10.2. The third-order valence-electron chi connectivity index (χ3n) is 5.02. The van der Waals surface area contributed by atoms with Gasteiger partial charge in [0, 0.05) is 52.2 Å². The van der Waals surface area contributed by atoms with E-state index in [1.54, 1.807) is 11.1 Å². The molecule has 0 amide bonds. The van der Waals surface area contributed by atoms with Crippen LogP contribution in [0.15, 0.2) is 48.7 Å². The van der Waals surface area contributed by atoms with Gasteiger partial charge in [0.2, 0.25) is 17.8 Å². The molecule has 8 nitrogen and oxygen atoms in total. The van der Waals surface area contributed by atoms with Crippen molar-refractivity contribution >= 4 is 29.4 Å². The molecular formula is C21H23F3N8. The normalized spacial score (nSPS) is 14.4. The molecule has 1 saturated heterocycles. The number of nitrogens with zero attached hydrogens (tertiary/aromatic N) is 7. The van der Waals surface area contributed by atoms with Gasteiger partial charge in [-0.05, 0) is 36.4 Å². The van der Waals surface area contributed by atoms with Gasteiger partial charge in [0.1, 0.15) is 5.82 Å². The maximum Gasteiger partial charge on any atom is 0.416 e. The van der Waals surface area contributed by atoms with Crippen molar-refractivity contribution in [3.05, 3.63) is 54.2 Å². The average Bonchev–Trinajstić information content (AvgIpc) is 2.79. The van der Waals surface area contributed by atoms with Gasteiger partial charge in [-0.15, -0.1) is 0 Å². The van der Waals surface area contributed by atoms with Gasteiger partial charge in [-0.3, -0.25) is 0 Å². The first-order chi connectivity index (χ1) is 15.3. The Morgan fingerprint density at radius 1 is 0.875 bits per heavy atom. The molecule has 11 heteroatoms. The SMILES string of the molecule is CN(C)c1nc(Nc2ccc(C(F)(F)F)cc2)nc(N2CCN(c3ccccn3)CC2)n1. The zero-order valence-corrected chi connectivity index (χ0v) is 17.7. The summed E-state index contributed by atoms with van der Waals surface area (Å²) in [4.78, 5) is 23.9. The van der Waals surface area contributed by atoms with Crippen molar-refractivity contribution in [1.29, 1.82) is 0 Å². The lowest BCUT2D eigenvalue weighted by Crippen LogP contribution is -2.47. The van der Waals surface area contributed by atoms with Gasteiger partial charge in [0.25, 0.3) is 0 Å². The van der Waals surface area contributed by atoms with E-state index in [-0.39, 0.29) is 5.95 Å². The number of anilines is 5. The Balaban J connectivity index is 1.51. The third kappa shape index (κ3) is 4.98. The van der Waals surface area contributed by atoms with Crippen LogP contribution in [0.2, 0.25) is 0 Å². The van der Waals surface area contributed by atoms with Gasteiger partial charge in [-0.2, -0.15) is 28.1 Å². The van der Waals surface area contributed by atoms with Crippen molar-refractivity contribution in [1.82, 2.24) is 19.9 Å². The van der Waals surface area contributed by atoms with Crippen LogP contribution < -0.4 is 20.0 Å². The fourth-order valence-corrected chi connectivity index (χ4v) is 3.30. The summed E-state index contributed by atoms with van der Waals surface area (Å²) in [5.41, 5.74) is -0.251. The number of pyridine rings is 1. The van der Waals surface area contributed by atoms with Crippen molar-refractivity contribution in [3.8, 4) is 0 Å². The van der Waals surface area contributed by atoms with Gasteiger partial charge < -0.3 is 20.0 Å². The van der Waals surface area contributed by atoms with Crippen LogP contribution >= 0.6 is 0 Å². The van der Waals surface area contributed by atoms with Gasteiger partial charge in [0.15, 0.2) is 0 Å². The fourth-order valence-electron chi connectivity index (χ4n) is 3.30. The highest BCUT2D eigenvalue weighted by Crippen LogP contribution is 2.30. The monoisotopic (exact) mass is 444 g/mol. The second-order valence-electron chi connectivity index (χ2n) is 7.52. The Bertz CT molecular complexity index is 1030. The van der Waals surface area contributed by atoms with E-state index in [2.05, 4.69) is 35.1 Å². The minimum Gasteiger partial charge on any atom is -0.353 e. The number of hydrogen-bond donors (Lipinski definition) is 1. The molecule has 32 heavy (non-hydrogen) atoms. The second kappa shape index (κ2) is 8.85. The highest BCUT2D eigenvalue weighted by Gasteiger charge is 2.30. The second-order valence-corrected chi connectivity index (χ2v) is 7.52. The maximum atomic E-state index is 12.8. The molecule has 1 aliphatic rings. The Hall–Kier alpha value is -3.63. The lowest BCUT2D eigenvalue weighted by Gasteiger charge is -2.35. The zero-order chi connectivity index (χ0) is 22.7. The molecule has 1 aliphatic heterocycles. The van der Waals surface area contributed by atoms with Gasteiger partial charge in [-0.25, -0.2) is 4.98 Å². The Labute approximate surface area is 183 Å². The fraction of sp³-hybridized carbons (Fsp3) is 0.333. The minimum absolute atomic E-state index is 0.269. The molecule has 0 saturated carbocycles.